The number of pyridine rings is 1. The predicted molar refractivity (Wildman–Crippen MR) is 64.5 cm³/mol. The minimum Gasteiger partial charge on any atom is -0.493 e. The van der Waals surface area contributed by atoms with E-state index in [1.165, 1.54) is 0 Å². The Labute approximate surface area is 99.0 Å². The number of rotatable bonds is 3. The fourth-order valence-corrected chi connectivity index (χ4v) is 1.76. The van der Waals surface area contributed by atoms with Crippen LogP contribution in [-0.2, 0) is 0 Å². The molecule has 0 aliphatic rings. The number of halogens is 1. The van der Waals surface area contributed by atoms with Gasteiger partial charge in [-0.05, 0) is 19.1 Å². The summed E-state index contributed by atoms with van der Waals surface area (Å²) in [5.74, 6) is 1.36. The van der Waals surface area contributed by atoms with Crippen LogP contribution in [0, 0.1) is 0 Å². The summed E-state index contributed by atoms with van der Waals surface area (Å²) in [7, 11) is 1.61. The third-order valence-corrected chi connectivity index (χ3v) is 2.60. The Hall–Kier alpha value is -1.48. The first-order valence-corrected chi connectivity index (χ1v) is 5.39. The lowest BCUT2D eigenvalue weighted by atomic mass is 10.2. The van der Waals surface area contributed by atoms with Crippen LogP contribution in [0.25, 0.3) is 10.9 Å². The highest BCUT2D eigenvalue weighted by Gasteiger charge is 2.08. The van der Waals surface area contributed by atoms with E-state index in [-0.39, 0.29) is 0 Å². The van der Waals surface area contributed by atoms with Crippen LogP contribution in [0.5, 0.6) is 11.5 Å². The van der Waals surface area contributed by atoms with Crippen LogP contribution in [0.15, 0.2) is 24.4 Å². The van der Waals surface area contributed by atoms with E-state index in [0.717, 1.165) is 10.9 Å². The summed E-state index contributed by atoms with van der Waals surface area (Å²) >= 11 is 6.08. The largest absolute Gasteiger partial charge is 0.493 e. The van der Waals surface area contributed by atoms with Crippen LogP contribution in [-0.4, -0.2) is 18.7 Å². The number of methoxy groups -OCH3 is 1. The maximum Gasteiger partial charge on any atom is 0.163 e. The Morgan fingerprint density at radius 1 is 1.31 bits per heavy atom. The summed E-state index contributed by atoms with van der Waals surface area (Å²) in [5, 5.41) is 1.52. The third kappa shape index (κ3) is 1.91. The summed E-state index contributed by atoms with van der Waals surface area (Å²) in [6, 6.07) is 5.43. The van der Waals surface area contributed by atoms with Crippen molar-refractivity contribution < 1.29 is 9.47 Å². The molecule has 0 aliphatic heterocycles. The molecule has 0 saturated carbocycles. The average molecular weight is 238 g/mol. The molecule has 0 aliphatic carbocycles. The molecule has 0 radical (unpaired) electrons. The molecule has 0 amide bonds. The van der Waals surface area contributed by atoms with Gasteiger partial charge in [-0.2, -0.15) is 0 Å². The lowest BCUT2D eigenvalue weighted by Gasteiger charge is -2.10. The van der Waals surface area contributed by atoms with Crippen LogP contribution >= 0.6 is 11.6 Å². The molecule has 0 spiro atoms. The maximum atomic E-state index is 6.08. The molecule has 0 bridgehead atoms. The number of ether oxygens (including phenoxy) is 2. The smallest absolute Gasteiger partial charge is 0.163 e. The second kappa shape index (κ2) is 4.58. The molecule has 84 valence electrons. The molecular formula is C12H12ClNO2. The van der Waals surface area contributed by atoms with Gasteiger partial charge >= 0.3 is 0 Å². The van der Waals surface area contributed by atoms with Crippen molar-refractivity contribution in [3.8, 4) is 11.5 Å². The number of hydrogen-bond donors (Lipinski definition) is 0. The van der Waals surface area contributed by atoms with E-state index in [1.807, 2.05) is 19.1 Å². The van der Waals surface area contributed by atoms with Crippen LogP contribution in [0.3, 0.4) is 0 Å². The van der Waals surface area contributed by atoms with Crippen molar-refractivity contribution in [1.29, 1.82) is 0 Å². The molecule has 2 aromatic rings. The molecule has 1 heterocycles. The second-order valence-corrected chi connectivity index (χ2v) is 3.65. The Kier molecular flexibility index (Phi) is 3.15. The van der Waals surface area contributed by atoms with Gasteiger partial charge < -0.3 is 9.47 Å². The van der Waals surface area contributed by atoms with Gasteiger partial charge in [0.25, 0.3) is 0 Å². The van der Waals surface area contributed by atoms with Crippen molar-refractivity contribution in [3.05, 3.63) is 29.4 Å². The average Bonchev–Trinajstić information content (AvgIpc) is 2.29. The van der Waals surface area contributed by atoms with Gasteiger partial charge in [0.1, 0.15) is 0 Å². The fourth-order valence-electron chi connectivity index (χ4n) is 1.55. The van der Waals surface area contributed by atoms with E-state index < -0.39 is 0 Å². The van der Waals surface area contributed by atoms with Crippen molar-refractivity contribution in [3.63, 3.8) is 0 Å². The van der Waals surface area contributed by atoms with Crippen LogP contribution < -0.4 is 9.47 Å². The van der Waals surface area contributed by atoms with Gasteiger partial charge in [0.05, 0.1) is 24.3 Å². The quantitative estimate of drug-likeness (QED) is 0.821. The van der Waals surface area contributed by atoms with E-state index in [4.69, 9.17) is 21.1 Å². The lowest BCUT2D eigenvalue weighted by molar-refractivity contribution is 0.311. The van der Waals surface area contributed by atoms with Crippen molar-refractivity contribution in [2.45, 2.75) is 6.92 Å². The topological polar surface area (TPSA) is 31.4 Å². The highest BCUT2D eigenvalue weighted by atomic mass is 35.5. The van der Waals surface area contributed by atoms with E-state index in [9.17, 15) is 0 Å². The highest BCUT2D eigenvalue weighted by molar-refractivity contribution is 6.35. The molecule has 3 nitrogen and oxygen atoms in total. The van der Waals surface area contributed by atoms with E-state index in [0.29, 0.717) is 23.1 Å². The van der Waals surface area contributed by atoms with Gasteiger partial charge in [0, 0.05) is 17.6 Å². The van der Waals surface area contributed by atoms with Gasteiger partial charge in [-0.3, -0.25) is 4.98 Å². The van der Waals surface area contributed by atoms with Gasteiger partial charge in [-0.1, -0.05) is 11.6 Å². The first kappa shape index (κ1) is 11.0. The third-order valence-electron chi connectivity index (χ3n) is 2.27. The molecule has 1 aromatic carbocycles. The SMILES string of the molecule is CCOc1cc2nccc(Cl)c2cc1OC. The van der Waals surface area contributed by atoms with E-state index in [2.05, 4.69) is 4.98 Å². The van der Waals surface area contributed by atoms with Crippen LogP contribution in [0.2, 0.25) is 5.02 Å². The Bertz CT molecular complexity index is 514. The molecule has 0 unspecified atom stereocenters. The number of aromatic nitrogens is 1. The number of nitrogens with zero attached hydrogens (tertiary/aromatic N) is 1. The second-order valence-electron chi connectivity index (χ2n) is 3.25. The zero-order valence-corrected chi connectivity index (χ0v) is 9.91. The molecule has 2 rings (SSSR count). The molecule has 0 saturated heterocycles. The van der Waals surface area contributed by atoms with Gasteiger partial charge in [0.15, 0.2) is 11.5 Å². The first-order valence-electron chi connectivity index (χ1n) is 5.01. The molecular weight excluding hydrogens is 226 g/mol. The summed E-state index contributed by atoms with van der Waals surface area (Å²) in [5.41, 5.74) is 0.803. The van der Waals surface area contributed by atoms with E-state index >= 15 is 0 Å². The summed E-state index contributed by atoms with van der Waals surface area (Å²) in [6.07, 6.45) is 1.67. The minimum absolute atomic E-state index is 0.586. The first-order chi connectivity index (χ1) is 7.76. The number of fused-ring (bicyclic) bond motifs is 1. The summed E-state index contributed by atoms with van der Waals surface area (Å²) in [4.78, 5) is 4.24. The monoisotopic (exact) mass is 237 g/mol. The number of hydrogen-bond acceptors (Lipinski definition) is 3. The molecule has 0 fully saturated rings. The fraction of sp³-hybridized carbons (Fsp3) is 0.250. The van der Waals surface area contributed by atoms with Crippen molar-refractivity contribution >= 4 is 22.5 Å². The van der Waals surface area contributed by atoms with Gasteiger partial charge in [0.2, 0.25) is 0 Å². The van der Waals surface area contributed by atoms with Crippen LogP contribution in [0.4, 0.5) is 0 Å². The van der Waals surface area contributed by atoms with Gasteiger partial charge in [-0.25, -0.2) is 0 Å². The van der Waals surface area contributed by atoms with Gasteiger partial charge in [-0.15, -0.1) is 0 Å². The summed E-state index contributed by atoms with van der Waals surface area (Å²) < 4.78 is 10.7. The highest BCUT2D eigenvalue weighted by Crippen LogP contribution is 2.34. The Balaban J connectivity index is 2.65. The zero-order chi connectivity index (χ0) is 11.5. The lowest BCUT2D eigenvalue weighted by Crippen LogP contribution is -1.96. The van der Waals surface area contributed by atoms with Crippen LogP contribution in [0.1, 0.15) is 6.92 Å². The summed E-state index contributed by atoms with van der Waals surface area (Å²) in [6.45, 7) is 2.51. The number of benzene rings is 1. The molecule has 0 atom stereocenters. The molecule has 4 heteroatoms. The standard InChI is InChI=1S/C12H12ClNO2/c1-3-16-12-7-10-8(6-11(12)15-2)9(13)4-5-14-10/h4-7H,3H2,1-2H3. The zero-order valence-electron chi connectivity index (χ0n) is 9.16. The molecule has 0 N–H and O–H groups in total. The predicted octanol–water partition coefficient (Wildman–Crippen LogP) is 3.30. The van der Waals surface area contributed by atoms with Crippen molar-refractivity contribution in [2.75, 3.05) is 13.7 Å². The van der Waals surface area contributed by atoms with Crippen molar-refractivity contribution in [1.82, 2.24) is 4.98 Å². The maximum absolute atomic E-state index is 6.08. The normalized spacial score (nSPS) is 10.4. The molecule has 16 heavy (non-hydrogen) atoms. The minimum atomic E-state index is 0.586. The Morgan fingerprint density at radius 2 is 2.12 bits per heavy atom. The Morgan fingerprint density at radius 3 is 2.81 bits per heavy atom. The molecule has 1 aromatic heterocycles. The van der Waals surface area contributed by atoms with Crippen molar-refractivity contribution in [2.24, 2.45) is 0 Å². The van der Waals surface area contributed by atoms with E-state index in [1.54, 1.807) is 19.4 Å².